The Labute approximate surface area is 76.3 Å². The van der Waals surface area contributed by atoms with Crippen LogP contribution in [0.5, 0.6) is 0 Å². The Balaban J connectivity index is 2.07. The number of oxazole rings is 1. The number of carbonyl (C=O) groups is 1. The van der Waals surface area contributed by atoms with Crippen molar-refractivity contribution in [2.45, 2.75) is 25.7 Å². The molecule has 4 heteroatoms. The number of nitrogens with one attached hydrogen (secondary N) is 1. The zero-order chi connectivity index (χ0) is 9.26. The van der Waals surface area contributed by atoms with Gasteiger partial charge in [-0.2, -0.15) is 0 Å². The third-order valence-electron chi connectivity index (χ3n) is 2.01. The first-order valence-electron chi connectivity index (χ1n) is 4.55. The maximum absolute atomic E-state index is 11.3. The van der Waals surface area contributed by atoms with Crippen LogP contribution in [0, 0.1) is 0 Å². The van der Waals surface area contributed by atoms with Crippen molar-refractivity contribution in [2.24, 2.45) is 0 Å². The molecule has 1 aliphatic rings. The summed E-state index contributed by atoms with van der Waals surface area (Å²) in [5.74, 6) is 1.31. The summed E-state index contributed by atoms with van der Waals surface area (Å²) in [5, 5.41) is 2.66. The molecule has 70 valence electrons. The van der Waals surface area contributed by atoms with Crippen LogP contribution in [0.25, 0.3) is 0 Å². The molecular weight excluding hydrogens is 168 g/mol. The monoisotopic (exact) mass is 180 g/mol. The lowest BCUT2D eigenvalue weighted by Crippen LogP contribution is -2.21. The van der Waals surface area contributed by atoms with E-state index in [0.29, 0.717) is 24.1 Å². The third-order valence-corrected chi connectivity index (χ3v) is 2.01. The van der Waals surface area contributed by atoms with E-state index in [1.807, 2.05) is 6.92 Å². The second kappa shape index (κ2) is 3.20. The van der Waals surface area contributed by atoms with E-state index < -0.39 is 0 Å². The Morgan fingerprint density at radius 3 is 3.15 bits per heavy atom. The first-order chi connectivity index (χ1) is 6.31. The molecule has 0 bridgehead atoms. The molecule has 13 heavy (non-hydrogen) atoms. The molecule has 0 radical (unpaired) electrons. The molecule has 2 rings (SSSR count). The predicted molar refractivity (Wildman–Crippen MR) is 46.5 cm³/mol. The lowest BCUT2D eigenvalue weighted by Gasteiger charge is -1.95. The Bertz CT molecular complexity index is 315. The predicted octanol–water partition coefficient (Wildman–Crippen LogP) is 1.30. The minimum atomic E-state index is -0.179. The van der Waals surface area contributed by atoms with E-state index in [0.717, 1.165) is 12.8 Å². The van der Waals surface area contributed by atoms with Crippen molar-refractivity contribution in [1.29, 1.82) is 0 Å². The summed E-state index contributed by atoms with van der Waals surface area (Å²) < 4.78 is 5.30. The topological polar surface area (TPSA) is 55.1 Å². The quantitative estimate of drug-likeness (QED) is 0.762. The van der Waals surface area contributed by atoms with Gasteiger partial charge in [-0.3, -0.25) is 4.79 Å². The number of amides is 1. The van der Waals surface area contributed by atoms with Gasteiger partial charge in [0, 0.05) is 12.5 Å². The van der Waals surface area contributed by atoms with Crippen LogP contribution in [0.15, 0.2) is 10.6 Å². The summed E-state index contributed by atoms with van der Waals surface area (Å²) in [5.41, 5.74) is 0. The van der Waals surface area contributed by atoms with Gasteiger partial charge < -0.3 is 9.73 Å². The number of carbonyl (C=O) groups excluding carboxylic acids is 1. The van der Waals surface area contributed by atoms with Crippen LogP contribution < -0.4 is 5.32 Å². The van der Waals surface area contributed by atoms with Gasteiger partial charge in [0.1, 0.15) is 0 Å². The average molecular weight is 180 g/mol. The number of nitrogens with zero attached hydrogens (tertiary/aromatic N) is 1. The van der Waals surface area contributed by atoms with Gasteiger partial charge >= 0.3 is 0 Å². The first kappa shape index (κ1) is 8.29. The molecule has 1 aromatic rings. The summed E-state index contributed by atoms with van der Waals surface area (Å²) >= 11 is 0. The molecule has 4 nitrogen and oxygen atoms in total. The van der Waals surface area contributed by atoms with Crippen LogP contribution in [0.1, 0.15) is 42.1 Å². The van der Waals surface area contributed by atoms with Crippen molar-refractivity contribution >= 4 is 5.91 Å². The molecule has 1 aromatic heterocycles. The van der Waals surface area contributed by atoms with Crippen LogP contribution in [-0.2, 0) is 0 Å². The number of rotatable bonds is 3. The summed E-state index contributed by atoms with van der Waals surface area (Å²) in [6, 6.07) is 0. The second-order valence-electron chi connectivity index (χ2n) is 3.20. The maximum Gasteiger partial charge on any atom is 0.288 e. The van der Waals surface area contributed by atoms with Gasteiger partial charge in [-0.15, -0.1) is 0 Å². The van der Waals surface area contributed by atoms with Gasteiger partial charge in [-0.1, -0.05) is 0 Å². The van der Waals surface area contributed by atoms with E-state index in [2.05, 4.69) is 10.3 Å². The Morgan fingerprint density at radius 2 is 2.54 bits per heavy atom. The Kier molecular flexibility index (Phi) is 2.04. The fourth-order valence-corrected chi connectivity index (χ4v) is 1.16. The summed E-state index contributed by atoms with van der Waals surface area (Å²) in [6.07, 6.45) is 3.77. The summed E-state index contributed by atoms with van der Waals surface area (Å²) in [6.45, 7) is 2.48. The lowest BCUT2D eigenvalue weighted by atomic mass is 10.4. The van der Waals surface area contributed by atoms with Crippen molar-refractivity contribution in [1.82, 2.24) is 10.3 Å². The SMILES string of the molecule is CCNC(=O)c1cnc(C2CC2)o1. The fourth-order valence-electron chi connectivity index (χ4n) is 1.16. The van der Waals surface area contributed by atoms with Crippen LogP contribution in [0.2, 0.25) is 0 Å². The van der Waals surface area contributed by atoms with E-state index >= 15 is 0 Å². The number of hydrogen-bond acceptors (Lipinski definition) is 3. The van der Waals surface area contributed by atoms with Crippen molar-refractivity contribution in [3.63, 3.8) is 0 Å². The van der Waals surface area contributed by atoms with Crippen molar-refractivity contribution in [2.75, 3.05) is 6.54 Å². The van der Waals surface area contributed by atoms with E-state index in [-0.39, 0.29) is 5.91 Å². The van der Waals surface area contributed by atoms with E-state index in [9.17, 15) is 4.79 Å². The molecule has 1 saturated carbocycles. The molecule has 1 aliphatic carbocycles. The van der Waals surface area contributed by atoms with Gasteiger partial charge in [0.05, 0.1) is 6.20 Å². The molecule has 1 heterocycles. The standard InChI is InChI=1S/C9H12N2O2/c1-2-10-8(12)7-5-11-9(13-7)6-3-4-6/h5-6H,2-4H2,1H3,(H,10,12). The molecule has 0 aliphatic heterocycles. The fraction of sp³-hybridized carbons (Fsp3) is 0.556. The summed E-state index contributed by atoms with van der Waals surface area (Å²) in [7, 11) is 0. The van der Waals surface area contributed by atoms with Crippen LogP contribution in [0.3, 0.4) is 0 Å². The second-order valence-corrected chi connectivity index (χ2v) is 3.20. The molecule has 0 saturated heterocycles. The molecule has 0 atom stereocenters. The minimum Gasteiger partial charge on any atom is -0.435 e. The van der Waals surface area contributed by atoms with Gasteiger partial charge in [0.25, 0.3) is 5.91 Å². The van der Waals surface area contributed by atoms with E-state index in [4.69, 9.17) is 4.42 Å². The third kappa shape index (κ3) is 1.71. The summed E-state index contributed by atoms with van der Waals surface area (Å²) in [4.78, 5) is 15.3. The van der Waals surface area contributed by atoms with Gasteiger partial charge in [0.2, 0.25) is 5.76 Å². The number of aromatic nitrogens is 1. The van der Waals surface area contributed by atoms with Crippen molar-refractivity contribution in [3.8, 4) is 0 Å². The largest absolute Gasteiger partial charge is 0.435 e. The minimum absolute atomic E-state index is 0.179. The van der Waals surface area contributed by atoms with Crippen molar-refractivity contribution in [3.05, 3.63) is 17.8 Å². The smallest absolute Gasteiger partial charge is 0.288 e. The highest BCUT2D eigenvalue weighted by molar-refractivity contribution is 5.91. The highest BCUT2D eigenvalue weighted by atomic mass is 16.4. The van der Waals surface area contributed by atoms with Crippen LogP contribution in [-0.4, -0.2) is 17.4 Å². The average Bonchev–Trinajstić information content (AvgIpc) is 2.84. The zero-order valence-electron chi connectivity index (χ0n) is 7.54. The molecule has 1 N–H and O–H groups in total. The highest BCUT2D eigenvalue weighted by Crippen LogP contribution is 2.39. The normalized spacial score (nSPS) is 15.8. The Morgan fingerprint density at radius 1 is 1.77 bits per heavy atom. The van der Waals surface area contributed by atoms with Crippen molar-refractivity contribution < 1.29 is 9.21 Å². The maximum atomic E-state index is 11.3. The lowest BCUT2D eigenvalue weighted by molar-refractivity contribution is 0.0926. The molecule has 1 fully saturated rings. The van der Waals surface area contributed by atoms with Crippen LogP contribution in [0.4, 0.5) is 0 Å². The molecular formula is C9H12N2O2. The molecule has 0 aromatic carbocycles. The molecule has 0 spiro atoms. The molecule has 0 unspecified atom stereocenters. The van der Waals surface area contributed by atoms with Gasteiger partial charge in [0.15, 0.2) is 5.89 Å². The van der Waals surface area contributed by atoms with E-state index in [1.165, 1.54) is 6.20 Å². The molecule has 1 amide bonds. The highest BCUT2D eigenvalue weighted by Gasteiger charge is 2.29. The number of hydrogen-bond donors (Lipinski definition) is 1. The van der Waals surface area contributed by atoms with E-state index in [1.54, 1.807) is 0 Å². The van der Waals surface area contributed by atoms with Gasteiger partial charge in [-0.25, -0.2) is 4.98 Å². The van der Waals surface area contributed by atoms with Gasteiger partial charge in [-0.05, 0) is 19.8 Å². The first-order valence-corrected chi connectivity index (χ1v) is 4.55. The zero-order valence-corrected chi connectivity index (χ0v) is 7.54. The Hall–Kier alpha value is -1.32. The van der Waals surface area contributed by atoms with Crippen LogP contribution >= 0.6 is 0 Å².